The number of carbonyl (C=O) groups is 3. The summed E-state index contributed by atoms with van der Waals surface area (Å²) in [6, 6.07) is 6.86. The summed E-state index contributed by atoms with van der Waals surface area (Å²) in [6.07, 6.45) is 0.0170. The molecular formula is C16H15N5O5. The van der Waals surface area contributed by atoms with E-state index in [9.17, 15) is 14.4 Å². The number of aryl methyl sites for hydroxylation is 1. The van der Waals surface area contributed by atoms with Crippen molar-refractivity contribution >= 4 is 17.8 Å². The van der Waals surface area contributed by atoms with Gasteiger partial charge in [-0.1, -0.05) is 0 Å². The van der Waals surface area contributed by atoms with Crippen LogP contribution in [0.2, 0.25) is 0 Å². The van der Waals surface area contributed by atoms with E-state index >= 15 is 0 Å². The summed E-state index contributed by atoms with van der Waals surface area (Å²) in [5.41, 5.74) is 0.725. The van der Waals surface area contributed by atoms with Gasteiger partial charge in [0.1, 0.15) is 5.75 Å². The van der Waals surface area contributed by atoms with Gasteiger partial charge in [-0.15, -0.1) is 25.5 Å². The van der Waals surface area contributed by atoms with E-state index in [0.717, 1.165) is 5.56 Å². The number of rotatable bonds is 6. The number of carbonyl (C=O) groups excluding carboxylic acids is 3. The quantitative estimate of drug-likeness (QED) is 0.684. The lowest BCUT2D eigenvalue weighted by atomic mass is 10.2. The molecule has 1 aromatic carbocycles. The van der Waals surface area contributed by atoms with Crippen LogP contribution < -0.4 is 4.74 Å². The Labute approximate surface area is 148 Å². The van der Waals surface area contributed by atoms with Gasteiger partial charge in [0.2, 0.25) is 5.82 Å². The molecule has 0 radical (unpaired) electrons. The van der Waals surface area contributed by atoms with E-state index in [-0.39, 0.29) is 25.9 Å². The van der Waals surface area contributed by atoms with Gasteiger partial charge in [-0.25, -0.2) is 4.79 Å². The van der Waals surface area contributed by atoms with E-state index in [2.05, 4.69) is 20.4 Å². The standard InChI is InChI=1S/C16H15N5O5/c1-10-17-19-16(20-18-10)11-2-4-12(5-3-11)25-9-8-15(24)26-21-13(22)6-7-14(21)23/h2-5H,6-9H2,1H3. The number of hydroxylamine groups is 2. The molecule has 1 aliphatic rings. The molecular weight excluding hydrogens is 342 g/mol. The molecule has 10 heteroatoms. The minimum Gasteiger partial charge on any atom is -0.493 e. The van der Waals surface area contributed by atoms with Gasteiger partial charge in [-0.2, -0.15) is 0 Å². The lowest BCUT2D eigenvalue weighted by molar-refractivity contribution is -0.197. The van der Waals surface area contributed by atoms with Crippen molar-refractivity contribution < 1.29 is 24.0 Å². The Morgan fingerprint density at radius 2 is 1.65 bits per heavy atom. The summed E-state index contributed by atoms with van der Waals surface area (Å²) in [4.78, 5) is 39.1. The Kier molecular flexibility index (Phi) is 5.11. The molecule has 1 fully saturated rings. The van der Waals surface area contributed by atoms with E-state index in [0.29, 0.717) is 22.5 Å². The molecule has 0 bridgehead atoms. The SMILES string of the molecule is Cc1nnc(-c2ccc(OCCC(=O)ON3C(=O)CCC3=O)cc2)nn1. The van der Waals surface area contributed by atoms with Crippen molar-refractivity contribution in [3.05, 3.63) is 30.1 Å². The van der Waals surface area contributed by atoms with Gasteiger partial charge in [-0.3, -0.25) is 9.59 Å². The first-order valence-electron chi connectivity index (χ1n) is 7.87. The zero-order chi connectivity index (χ0) is 18.5. The molecule has 1 aromatic heterocycles. The van der Waals surface area contributed by atoms with Crippen LogP contribution in [0, 0.1) is 6.92 Å². The highest BCUT2D eigenvalue weighted by molar-refractivity contribution is 6.01. The van der Waals surface area contributed by atoms with Gasteiger partial charge in [-0.05, 0) is 31.2 Å². The third-order valence-electron chi connectivity index (χ3n) is 3.47. The second kappa shape index (κ2) is 7.64. The Bertz CT molecular complexity index is 806. The summed E-state index contributed by atoms with van der Waals surface area (Å²) < 4.78 is 5.44. The number of ether oxygens (including phenoxy) is 1. The number of imide groups is 1. The van der Waals surface area contributed by atoms with E-state index in [4.69, 9.17) is 9.57 Å². The fraction of sp³-hybridized carbons (Fsp3) is 0.312. The highest BCUT2D eigenvalue weighted by atomic mass is 16.7. The van der Waals surface area contributed by atoms with Crippen molar-refractivity contribution in [2.24, 2.45) is 0 Å². The fourth-order valence-electron chi connectivity index (χ4n) is 2.15. The second-order valence-electron chi connectivity index (χ2n) is 5.44. The van der Waals surface area contributed by atoms with Crippen LogP contribution in [0.25, 0.3) is 11.4 Å². The highest BCUT2D eigenvalue weighted by Gasteiger charge is 2.32. The molecule has 0 N–H and O–H groups in total. The van der Waals surface area contributed by atoms with Gasteiger partial charge in [0.05, 0.1) is 13.0 Å². The molecule has 1 saturated heterocycles. The van der Waals surface area contributed by atoms with Crippen LogP contribution in [-0.4, -0.2) is 49.8 Å². The van der Waals surface area contributed by atoms with Gasteiger partial charge in [0.15, 0.2) is 5.82 Å². The fourth-order valence-corrected chi connectivity index (χ4v) is 2.15. The smallest absolute Gasteiger partial charge is 0.336 e. The maximum Gasteiger partial charge on any atom is 0.336 e. The average molecular weight is 357 g/mol. The molecule has 1 aliphatic heterocycles. The predicted molar refractivity (Wildman–Crippen MR) is 85.1 cm³/mol. The number of amides is 2. The molecule has 0 saturated carbocycles. The Balaban J connectivity index is 1.47. The molecule has 0 aliphatic carbocycles. The number of hydrogen-bond donors (Lipinski definition) is 0. The average Bonchev–Trinajstić information content (AvgIpc) is 2.95. The van der Waals surface area contributed by atoms with E-state index in [1.807, 2.05) is 0 Å². The lowest BCUT2D eigenvalue weighted by Gasteiger charge is -2.12. The Morgan fingerprint density at radius 3 is 2.27 bits per heavy atom. The molecule has 2 amide bonds. The first kappa shape index (κ1) is 17.4. The molecule has 10 nitrogen and oxygen atoms in total. The maximum absolute atomic E-state index is 11.7. The number of benzene rings is 1. The summed E-state index contributed by atoms with van der Waals surface area (Å²) in [6.45, 7) is 1.74. The van der Waals surface area contributed by atoms with E-state index in [1.165, 1.54) is 0 Å². The largest absolute Gasteiger partial charge is 0.493 e. The highest BCUT2D eigenvalue weighted by Crippen LogP contribution is 2.18. The monoisotopic (exact) mass is 357 g/mol. The normalized spacial score (nSPS) is 13.8. The Hall–Kier alpha value is -3.43. The van der Waals surface area contributed by atoms with Crippen LogP contribution in [0.1, 0.15) is 25.1 Å². The molecule has 3 rings (SSSR count). The molecule has 2 aromatic rings. The summed E-state index contributed by atoms with van der Waals surface area (Å²) in [7, 11) is 0. The summed E-state index contributed by atoms with van der Waals surface area (Å²) in [5, 5.41) is 16.1. The van der Waals surface area contributed by atoms with Crippen molar-refractivity contribution in [2.45, 2.75) is 26.2 Å². The Morgan fingerprint density at radius 1 is 1.04 bits per heavy atom. The van der Waals surface area contributed by atoms with E-state index in [1.54, 1.807) is 31.2 Å². The first-order valence-corrected chi connectivity index (χ1v) is 7.87. The van der Waals surface area contributed by atoms with Gasteiger partial charge >= 0.3 is 5.97 Å². The third-order valence-corrected chi connectivity index (χ3v) is 3.47. The molecule has 0 atom stereocenters. The minimum atomic E-state index is -0.713. The number of hydrogen-bond acceptors (Lipinski definition) is 9. The lowest BCUT2D eigenvalue weighted by Crippen LogP contribution is -2.32. The van der Waals surface area contributed by atoms with Crippen LogP contribution in [0.5, 0.6) is 5.75 Å². The molecule has 0 spiro atoms. The minimum absolute atomic E-state index is 0.0402. The zero-order valence-electron chi connectivity index (χ0n) is 13.9. The number of nitrogens with zero attached hydrogens (tertiary/aromatic N) is 5. The third kappa shape index (κ3) is 4.15. The van der Waals surface area contributed by atoms with Crippen molar-refractivity contribution in [3.63, 3.8) is 0 Å². The summed E-state index contributed by atoms with van der Waals surface area (Å²) >= 11 is 0. The molecule has 134 valence electrons. The molecule has 26 heavy (non-hydrogen) atoms. The molecule has 0 unspecified atom stereocenters. The summed E-state index contributed by atoms with van der Waals surface area (Å²) in [5.74, 6) is -0.328. The predicted octanol–water partition coefficient (Wildman–Crippen LogP) is 0.618. The van der Waals surface area contributed by atoms with Crippen LogP contribution in [0.15, 0.2) is 24.3 Å². The molecule has 2 heterocycles. The topological polar surface area (TPSA) is 124 Å². The number of aromatic nitrogens is 4. The van der Waals surface area contributed by atoms with E-state index < -0.39 is 17.8 Å². The van der Waals surface area contributed by atoms with Crippen molar-refractivity contribution in [3.8, 4) is 17.1 Å². The maximum atomic E-state index is 11.7. The van der Waals surface area contributed by atoms with Crippen molar-refractivity contribution in [2.75, 3.05) is 6.61 Å². The van der Waals surface area contributed by atoms with Crippen LogP contribution in [0.4, 0.5) is 0 Å². The van der Waals surface area contributed by atoms with Gasteiger partial charge < -0.3 is 9.57 Å². The van der Waals surface area contributed by atoms with Crippen LogP contribution >= 0.6 is 0 Å². The van der Waals surface area contributed by atoms with Crippen LogP contribution in [-0.2, 0) is 19.2 Å². The van der Waals surface area contributed by atoms with Crippen molar-refractivity contribution in [1.82, 2.24) is 25.5 Å². The van der Waals surface area contributed by atoms with Gasteiger partial charge in [0.25, 0.3) is 11.8 Å². The second-order valence-corrected chi connectivity index (χ2v) is 5.44. The van der Waals surface area contributed by atoms with Crippen LogP contribution in [0.3, 0.4) is 0 Å². The first-order chi connectivity index (χ1) is 12.5. The van der Waals surface area contributed by atoms with Crippen molar-refractivity contribution in [1.29, 1.82) is 0 Å². The van der Waals surface area contributed by atoms with Gasteiger partial charge in [0, 0.05) is 18.4 Å². The zero-order valence-corrected chi connectivity index (χ0v) is 13.9.